The number of carbonyl (C=O) groups is 2. The SMILES string of the molecule is CC(C)[C@@H](NS(=O)(=O)c1ccc2c(c1)CCN2C(=O)C1CC1)C(=O)O. The Balaban J connectivity index is 1.84. The standard InChI is InChI=1S/C17H22N2O5S/c1-10(2)15(17(21)22)18-25(23,24)13-5-6-14-12(9-13)7-8-19(14)16(20)11-3-4-11/h5-6,9-11,15,18H,3-4,7-8H2,1-2H3,(H,21,22)/t15-/m1/s1. The van der Waals surface area contributed by atoms with Crippen molar-refractivity contribution in [1.29, 1.82) is 0 Å². The van der Waals surface area contributed by atoms with E-state index in [1.807, 2.05) is 0 Å². The minimum absolute atomic E-state index is 0.0267. The second-order valence-electron chi connectivity index (χ2n) is 6.99. The fourth-order valence-electron chi connectivity index (χ4n) is 3.03. The van der Waals surface area contributed by atoms with Crippen molar-refractivity contribution in [2.24, 2.45) is 11.8 Å². The van der Waals surface area contributed by atoms with Crippen LogP contribution in [0.3, 0.4) is 0 Å². The van der Waals surface area contributed by atoms with Gasteiger partial charge in [0.2, 0.25) is 15.9 Å². The number of anilines is 1. The molecule has 0 bridgehead atoms. The van der Waals surface area contributed by atoms with Crippen molar-refractivity contribution in [3.05, 3.63) is 23.8 Å². The second-order valence-corrected chi connectivity index (χ2v) is 8.70. The number of sulfonamides is 1. The van der Waals surface area contributed by atoms with E-state index in [9.17, 15) is 23.1 Å². The number of benzene rings is 1. The molecule has 1 aromatic carbocycles. The molecule has 0 saturated heterocycles. The molecule has 1 aromatic rings. The van der Waals surface area contributed by atoms with Gasteiger partial charge < -0.3 is 10.0 Å². The molecule has 2 aliphatic rings. The van der Waals surface area contributed by atoms with Crippen molar-refractivity contribution in [2.75, 3.05) is 11.4 Å². The molecule has 8 heteroatoms. The highest BCUT2D eigenvalue weighted by Crippen LogP contribution is 2.37. The highest BCUT2D eigenvalue weighted by molar-refractivity contribution is 7.89. The maximum Gasteiger partial charge on any atom is 0.322 e. The maximum absolute atomic E-state index is 12.5. The molecule has 1 fully saturated rings. The van der Waals surface area contributed by atoms with Crippen LogP contribution in [0.1, 0.15) is 32.3 Å². The van der Waals surface area contributed by atoms with Crippen LogP contribution in [0, 0.1) is 11.8 Å². The lowest BCUT2D eigenvalue weighted by molar-refractivity contribution is -0.140. The van der Waals surface area contributed by atoms with E-state index in [0.29, 0.717) is 13.0 Å². The van der Waals surface area contributed by atoms with Gasteiger partial charge >= 0.3 is 5.97 Å². The average Bonchev–Trinajstić information content (AvgIpc) is 3.30. The number of rotatable bonds is 6. The fourth-order valence-corrected chi connectivity index (χ4v) is 4.42. The fraction of sp³-hybridized carbons (Fsp3) is 0.529. The van der Waals surface area contributed by atoms with Crippen molar-refractivity contribution in [2.45, 2.75) is 44.0 Å². The molecule has 0 unspecified atom stereocenters. The highest BCUT2D eigenvalue weighted by Gasteiger charge is 2.37. The molecule has 25 heavy (non-hydrogen) atoms. The molecule has 3 rings (SSSR count). The Morgan fingerprint density at radius 2 is 1.96 bits per heavy atom. The molecule has 7 nitrogen and oxygen atoms in total. The summed E-state index contributed by atoms with van der Waals surface area (Å²) in [6.07, 6.45) is 2.45. The number of hydrogen-bond acceptors (Lipinski definition) is 4. The zero-order chi connectivity index (χ0) is 18.4. The lowest BCUT2D eigenvalue weighted by atomic mass is 10.1. The third-order valence-corrected chi connectivity index (χ3v) is 6.10. The molecular weight excluding hydrogens is 344 g/mol. The van der Waals surface area contributed by atoms with Crippen LogP contribution in [0.5, 0.6) is 0 Å². The van der Waals surface area contributed by atoms with Crippen molar-refractivity contribution in [3.63, 3.8) is 0 Å². The lowest BCUT2D eigenvalue weighted by Gasteiger charge is -2.19. The van der Waals surface area contributed by atoms with Crippen LogP contribution >= 0.6 is 0 Å². The molecule has 0 radical (unpaired) electrons. The Hall–Kier alpha value is -1.93. The van der Waals surface area contributed by atoms with Gasteiger partial charge in [0.05, 0.1) is 4.90 Å². The number of fused-ring (bicyclic) bond motifs is 1. The first-order valence-corrected chi connectivity index (χ1v) is 9.88. The molecule has 0 aromatic heterocycles. The summed E-state index contributed by atoms with van der Waals surface area (Å²) in [7, 11) is -3.95. The smallest absolute Gasteiger partial charge is 0.322 e. The van der Waals surface area contributed by atoms with Gasteiger partial charge in [-0.1, -0.05) is 13.8 Å². The number of carbonyl (C=O) groups excluding carboxylic acids is 1. The Bertz CT molecular complexity index is 814. The van der Waals surface area contributed by atoms with Crippen molar-refractivity contribution in [3.8, 4) is 0 Å². The quantitative estimate of drug-likeness (QED) is 0.791. The van der Waals surface area contributed by atoms with Crippen LogP contribution in [0.25, 0.3) is 0 Å². The number of aliphatic carboxylic acids is 1. The normalized spacial score (nSPS) is 18.3. The summed E-state index contributed by atoms with van der Waals surface area (Å²) in [6, 6.07) is 3.42. The number of amides is 1. The summed E-state index contributed by atoms with van der Waals surface area (Å²) in [5.74, 6) is -1.37. The lowest BCUT2D eigenvalue weighted by Crippen LogP contribution is -2.44. The van der Waals surface area contributed by atoms with Gasteiger partial charge in [-0.3, -0.25) is 9.59 Å². The van der Waals surface area contributed by atoms with Crippen LogP contribution in [0.2, 0.25) is 0 Å². The summed E-state index contributed by atoms with van der Waals surface area (Å²) in [5.41, 5.74) is 1.56. The third-order valence-electron chi connectivity index (χ3n) is 4.66. The Labute approximate surface area is 147 Å². The average molecular weight is 366 g/mol. The highest BCUT2D eigenvalue weighted by atomic mass is 32.2. The molecule has 136 valence electrons. The zero-order valence-corrected chi connectivity index (χ0v) is 15.0. The van der Waals surface area contributed by atoms with Crippen LogP contribution < -0.4 is 9.62 Å². The number of hydrogen-bond donors (Lipinski definition) is 2. The van der Waals surface area contributed by atoms with E-state index in [4.69, 9.17) is 0 Å². The van der Waals surface area contributed by atoms with E-state index in [0.717, 1.165) is 24.1 Å². The number of nitrogens with zero attached hydrogens (tertiary/aromatic N) is 1. The van der Waals surface area contributed by atoms with Gasteiger partial charge in [0.15, 0.2) is 0 Å². The monoisotopic (exact) mass is 366 g/mol. The summed E-state index contributed by atoms with van der Waals surface area (Å²) < 4.78 is 27.3. The molecule has 2 N–H and O–H groups in total. The summed E-state index contributed by atoms with van der Waals surface area (Å²) >= 11 is 0. The summed E-state index contributed by atoms with van der Waals surface area (Å²) in [5, 5.41) is 9.19. The number of nitrogens with one attached hydrogen (secondary N) is 1. The molecule has 1 heterocycles. The second kappa shape index (κ2) is 6.42. The minimum atomic E-state index is -3.95. The van der Waals surface area contributed by atoms with E-state index in [1.165, 1.54) is 12.1 Å². The maximum atomic E-state index is 12.5. The Kier molecular flexibility index (Phi) is 4.59. The van der Waals surface area contributed by atoms with Crippen LogP contribution in [0.4, 0.5) is 5.69 Å². The van der Waals surface area contributed by atoms with Crippen LogP contribution in [-0.4, -0.2) is 38.0 Å². The number of carboxylic acids is 1. The summed E-state index contributed by atoms with van der Waals surface area (Å²) in [6.45, 7) is 3.85. The topological polar surface area (TPSA) is 104 Å². The van der Waals surface area contributed by atoms with Crippen molar-refractivity contribution >= 4 is 27.6 Å². The predicted octanol–water partition coefficient (Wildman–Crippen LogP) is 1.37. The van der Waals surface area contributed by atoms with Gasteiger partial charge in [0.25, 0.3) is 0 Å². The Morgan fingerprint density at radius 1 is 1.28 bits per heavy atom. The van der Waals surface area contributed by atoms with Crippen molar-refractivity contribution in [1.82, 2.24) is 4.72 Å². The van der Waals surface area contributed by atoms with Crippen molar-refractivity contribution < 1.29 is 23.1 Å². The first-order chi connectivity index (χ1) is 11.7. The van der Waals surface area contributed by atoms with E-state index in [-0.39, 0.29) is 22.6 Å². The van der Waals surface area contributed by atoms with E-state index >= 15 is 0 Å². The summed E-state index contributed by atoms with van der Waals surface area (Å²) in [4.78, 5) is 25.3. The van der Waals surface area contributed by atoms with Gasteiger partial charge in [-0.15, -0.1) is 0 Å². The molecular formula is C17H22N2O5S. The molecule has 1 saturated carbocycles. The largest absolute Gasteiger partial charge is 0.480 e. The molecule has 1 atom stereocenters. The third kappa shape index (κ3) is 3.55. The van der Waals surface area contributed by atoms with Crippen LogP contribution in [0.15, 0.2) is 23.1 Å². The molecule has 0 spiro atoms. The van der Waals surface area contributed by atoms with Gasteiger partial charge in [0, 0.05) is 18.2 Å². The van der Waals surface area contributed by atoms with E-state index < -0.39 is 22.0 Å². The first-order valence-electron chi connectivity index (χ1n) is 8.40. The first kappa shape index (κ1) is 17.9. The van der Waals surface area contributed by atoms with Gasteiger partial charge in [0.1, 0.15) is 6.04 Å². The predicted molar refractivity (Wildman–Crippen MR) is 91.8 cm³/mol. The zero-order valence-electron chi connectivity index (χ0n) is 14.2. The Morgan fingerprint density at radius 3 is 2.52 bits per heavy atom. The molecule has 1 aliphatic carbocycles. The molecule has 1 amide bonds. The molecule has 1 aliphatic heterocycles. The minimum Gasteiger partial charge on any atom is -0.480 e. The van der Waals surface area contributed by atoms with Crippen LogP contribution in [-0.2, 0) is 26.0 Å². The van der Waals surface area contributed by atoms with Gasteiger partial charge in [-0.25, -0.2) is 8.42 Å². The van der Waals surface area contributed by atoms with Gasteiger partial charge in [-0.2, -0.15) is 4.72 Å². The van der Waals surface area contributed by atoms with E-state index in [2.05, 4.69) is 4.72 Å². The number of carboxylic acid groups (broad SMARTS) is 1. The van der Waals surface area contributed by atoms with Gasteiger partial charge in [-0.05, 0) is 48.9 Å². The van der Waals surface area contributed by atoms with E-state index in [1.54, 1.807) is 24.8 Å².